The summed E-state index contributed by atoms with van der Waals surface area (Å²) in [5.74, 6) is 0.475. The number of ether oxygens (including phenoxy) is 1. The number of amides is 1. The van der Waals surface area contributed by atoms with E-state index in [9.17, 15) is 4.79 Å². The lowest BCUT2D eigenvalue weighted by Crippen LogP contribution is -2.30. The van der Waals surface area contributed by atoms with Crippen LogP contribution in [0.4, 0.5) is 0 Å². The Labute approximate surface area is 223 Å². The van der Waals surface area contributed by atoms with E-state index < -0.39 is 0 Å². The van der Waals surface area contributed by atoms with Crippen LogP contribution in [0.1, 0.15) is 34.6 Å². The SMILES string of the molecule is NC(=O)Cc1ccc(OCCCN(Cc2ccncc2)CC(c2ccccc2)c2ccccc2)c(Cl)c1. The van der Waals surface area contributed by atoms with Gasteiger partial charge in [0.15, 0.2) is 0 Å². The maximum absolute atomic E-state index is 11.2. The standard InChI is InChI=1S/C31H32ClN3O2/c32-29-20-25(21-31(33)36)12-13-30(29)37-19-7-18-35(22-24-14-16-34-17-15-24)23-28(26-8-3-1-4-9-26)27-10-5-2-6-11-27/h1-6,8-17,20,28H,7,18-19,21-23H2,(H2,33,36). The molecule has 190 valence electrons. The van der Waals surface area contributed by atoms with Crippen molar-refractivity contribution in [2.24, 2.45) is 5.73 Å². The average Bonchev–Trinajstić information content (AvgIpc) is 2.91. The number of carbonyl (C=O) groups is 1. The minimum absolute atomic E-state index is 0.161. The molecular formula is C31H32ClN3O2. The first kappa shape index (κ1) is 26.4. The summed E-state index contributed by atoms with van der Waals surface area (Å²) in [7, 11) is 0. The fourth-order valence-electron chi connectivity index (χ4n) is 4.46. The molecule has 1 amide bonds. The average molecular weight is 514 g/mol. The van der Waals surface area contributed by atoms with Gasteiger partial charge in [-0.2, -0.15) is 0 Å². The molecule has 4 rings (SSSR count). The Kier molecular flexibility index (Phi) is 9.69. The molecule has 2 N–H and O–H groups in total. The molecule has 0 atom stereocenters. The van der Waals surface area contributed by atoms with Gasteiger partial charge in [-0.05, 0) is 52.9 Å². The third kappa shape index (κ3) is 8.17. The summed E-state index contributed by atoms with van der Waals surface area (Å²) in [5.41, 5.74) is 9.88. The predicted molar refractivity (Wildman–Crippen MR) is 149 cm³/mol. The van der Waals surface area contributed by atoms with E-state index in [-0.39, 0.29) is 18.2 Å². The van der Waals surface area contributed by atoms with Crippen molar-refractivity contribution in [3.05, 3.63) is 131 Å². The smallest absolute Gasteiger partial charge is 0.221 e. The first-order valence-corrected chi connectivity index (χ1v) is 12.9. The number of hydrogen-bond acceptors (Lipinski definition) is 4. The summed E-state index contributed by atoms with van der Waals surface area (Å²) in [4.78, 5) is 17.8. The number of aromatic nitrogens is 1. The van der Waals surface area contributed by atoms with Crippen LogP contribution < -0.4 is 10.5 Å². The van der Waals surface area contributed by atoms with Crippen LogP contribution in [-0.4, -0.2) is 35.5 Å². The van der Waals surface area contributed by atoms with Gasteiger partial charge in [-0.1, -0.05) is 78.3 Å². The fourth-order valence-corrected chi connectivity index (χ4v) is 4.71. The molecule has 0 unspecified atom stereocenters. The quantitative estimate of drug-likeness (QED) is 0.227. The van der Waals surface area contributed by atoms with Crippen LogP contribution in [-0.2, 0) is 17.8 Å². The highest BCUT2D eigenvalue weighted by atomic mass is 35.5. The van der Waals surface area contributed by atoms with Gasteiger partial charge in [0, 0.05) is 37.9 Å². The van der Waals surface area contributed by atoms with Crippen LogP contribution in [0, 0.1) is 0 Å². The summed E-state index contributed by atoms with van der Waals surface area (Å²) in [6.45, 7) is 3.08. The second-order valence-corrected chi connectivity index (χ2v) is 9.48. The second-order valence-electron chi connectivity index (χ2n) is 9.07. The Balaban J connectivity index is 1.44. The van der Waals surface area contributed by atoms with Gasteiger partial charge in [-0.3, -0.25) is 14.7 Å². The van der Waals surface area contributed by atoms with Crippen LogP contribution in [0.3, 0.4) is 0 Å². The number of benzene rings is 3. The Morgan fingerprint density at radius 1 is 0.892 bits per heavy atom. The van der Waals surface area contributed by atoms with Crippen molar-refractivity contribution in [1.82, 2.24) is 9.88 Å². The van der Waals surface area contributed by atoms with Crippen molar-refractivity contribution in [3.8, 4) is 5.75 Å². The maximum atomic E-state index is 11.2. The van der Waals surface area contributed by atoms with Crippen LogP contribution in [0.25, 0.3) is 0 Å². The molecule has 0 fully saturated rings. The molecule has 0 aliphatic carbocycles. The highest BCUT2D eigenvalue weighted by Crippen LogP contribution is 2.28. The van der Waals surface area contributed by atoms with Crippen molar-refractivity contribution in [3.63, 3.8) is 0 Å². The number of halogens is 1. The van der Waals surface area contributed by atoms with Gasteiger partial charge in [0.1, 0.15) is 5.75 Å². The molecule has 37 heavy (non-hydrogen) atoms. The van der Waals surface area contributed by atoms with Gasteiger partial charge >= 0.3 is 0 Å². The Morgan fingerprint density at radius 2 is 1.54 bits per heavy atom. The van der Waals surface area contributed by atoms with E-state index in [0.717, 1.165) is 31.6 Å². The number of nitrogens with two attached hydrogens (primary N) is 1. The minimum atomic E-state index is -0.386. The minimum Gasteiger partial charge on any atom is -0.492 e. The zero-order valence-electron chi connectivity index (χ0n) is 20.8. The molecule has 1 heterocycles. The molecule has 4 aromatic rings. The number of carbonyl (C=O) groups excluding carboxylic acids is 1. The van der Waals surface area contributed by atoms with Gasteiger partial charge in [-0.15, -0.1) is 0 Å². The van der Waals surface area contributed by atoms with Gasteiger partial charge in [-0.25, -0.2) is 0 Å². The van der Waals surface area contributed by atoms with E-state index in [1.165, 1.54) is 16.7 Å². The summed E-state index contributed by atoms with van der Waals surface area (Å²) >= 11 is 6.37. The fraction of sp³-hybridized carbons (Fsp3) is 0.226. The molecule has 0 spiro atoms. The lowest BCUT2D eigenvalue weighted by Gasteiger charge is -2.28. The van der Waals surface area contributed by atoms with E-state index in [2.05, 4.69) is 82.7 Å². The van der Waals surface area contributed by atoms with Crippen molar-refractivity contribution >= 4 is 17.5 Å². The van der Waals surface area contributed by atoms with Crippen LogP contribution in [0.15, 0.2) is 103 Å². The summed E-state index contributed by atoms with van der Waals surface area (Å²) in [5, 5.41) is 0.487. The molecule has 3 aromatic carbocycles. The van der Waals surface area contributed by atoms with Crippen molar-refractivity contribution < 1.29 is 9.53 Å². The van der Waals surface area contributed by atoms with E-state index in [1.54, 1.807) is 12.1 Å². The van der Waals surface area contributed by atoms with E-state index in [1.807, 2.05) is 18.5 Å². The Hall–Kier alpha value is -3.67. The van der Waals surface area contributed by atoms with E-state index in [0.29, 0.717) is 17.4 Å². The molecule has 1 aromatic heterocycles. The number of hydrogen-bond donors (Lipinski definition) is 1. The molecule has 0 radical (unpaired) electrons. The zero-order chi connectivity index (χ0) is 25.9. The van der Waals surface area contributed by atoms with Crippen LogP contribution in [0.2, 0.25) is 5.02 Å². The summed E-state index contributed by atoms with van der Waals surface area (Å²) in [6.07, 6.45) is 4.67. The third-order valence-corrected chi connectivity index (χ3v) is 6.55. The van der Waals surface area contributed by atoms with Crippen molar-refractivity contribution in [2.45, 2.75) is 25.3 Å². The summed E-state index contributed by atoms with van der Waals surface area (Å²) < 4.78 is 5.99. The number of rotatable bonds is 13. The molecule has 0 saturated heterocycles. The predicted octanol–water partition coefficient (Wildman–Crippen LogP) is 5.87. The Bertz CT molecular complexity index is 1210. The van der Waals surface area contributed by atoms with Crippen molar-refractivity contribution in [1.29, 1.82) is 0 Å². The topological polar surface area (TPSA) is 68.5 Å². The molecule has 0 saturated carbocycles. The second kappa shape index (κ2) is 13.6. The highest BCUT2D eigenvalue weighted by molar-refractivity contribution is 6.32. The molecule has 6 heteroatoms. The first-order valence-electron chi connectivity index (χ1n) is 12.5. The van der Waals surface area contributed by atoms with Gasteiger partial charge in [0.05, 0.1) is 18.1 Å². The summed E-state index contributed by atoms with van der Waals surface area (Å²) in [6, 6.07) is 30.8. The van der Waals surface area contributed by atoms with E-state index in [4.69, 9.17) is 22.1 Å². The normalized spacial score (nSPS) is 11.1. The van der Waals surface area contributed by atoms with E-state index >= 15 is 0 Å². The molecule has 0 aliphatic heterocycles. The molecule has 0 bridgehead atoms. The van der Waals surface area contributed by atoms with Crippen LogP contribution in [0.5, 0.6) is 5.75 Å². The number of pyridine rings is 1. The lowest BCUT2D eigenvalue weighted by atomic mass is 9.90. The number of primary amides is 1. The highest BCUT2D eigenvalue weighted by Gasteiger charge is 2.18. The monoisotopic (exact) mass is 513 g/mol. The van der Waals surface area contributed by atoms with Crippen molar-refractivity contribution in [2.75, 3.05) is 19.7 Å². The lowest BCUT2D eigenvalue weighted by molar-refractivity contribution is -0.117. The molecule has 0 aliphatic rings. The number of nitrogens with zero attached hydrogens (tertiary/aromatic N) is 2. The molecular weight excluding hydrogens is 482 g/mol. The zero-order valence-corrected chi connectivity index (χ0v) is 21.6. The van der Waals surface area contributed by atoms with Gasteiger partial charge in [0.2, 0.25) is 5.91 Å². The Morgan fingerprint density at radius 3 is 2.14 bits per heavy atom. The molecule has 5 nitrogen and oxygen atoms in total. The maximum Gasteiger partial charge on any atom is 0.221 e. The van der Waals surface area contributed by atoms with Gasteiger partial charge < -0.3 is 10.5 Å². The third-order valence-electron chi connectivity index (χ3n) is 6.25. The van der Waals surface area contributed by atoms with Crippen LogP contribution >= 0.6 is 11.6 Å². The first-order chi connectivity index (χ1) is 18.1. The van der Waals surface area contributed by atoms with Gasteiger partial charge in [0.25, 0.3) is 0 Å². The largest absolute Gasteiger partial charge is 0.492 e.